The number of hydrogen-bond acceptors (Lipinski definition) is 2. The van der Waals surface area contributed by atoms with Crippen LogP contribution in [0.4, 0.5) is 8.78 Å². The molecule has 0 spiro atoms. The average molecular weight is 262 g/mol. The van der Waals surface area contributed by atoms with Gasteiger partial charge in [-0.25, -0.2) is 8.78 Å². The fraction of sp³-hybridized carbons (Fsp3) is 1.00. The molecule has 1 fully saturated rings. The van der Waals surface area contributed by atoms with E-state index in [1.807, 2.05) is 0 Å². The third-order valence-electron chi connectivity index (χ3n) is 3.78. The van der Waals surface area contributed by atoms with Crippen molar-refractivity contribution in [1.29, 1.82) is 0 Å². The van der Waals surface area contributed by atoms with Crippen molar-refractivity contribution < 1.29 is 8.78 Å². The highest BCUT2D eigenvalue weighted by atomic mass is 19.3. The van der Waals surface area contributed by atoms with Gasteiger partial charge >= 0.3 is 0 Å². The Bertz CT molecular complexity index is 266. The van der Waals surface area contributed by atoms with Crippen molar-refractivity contribution in [3.8, 4) is 0 Å². The second-order valence-electron chi connectivity index (χ2n) is 7.38. The van der Waals surface area contributed by atoms with Crippen molar-refractivity contribution in [2.75, 3.05) is 13.1 Å². The van der Waals surface area contributed by atoms with E-state index in [-0.39, 0.29) is 17.0 Å². The molecular formula is C14H28F2N2. The molecule has 0 radical (unpaired) electrons. The number of rotatable bonds is 1. The van der Waals surface area contributed by atoms with Crippen molar-refractivity contribution >= 4 is 0 Å². The molecule has 2 atom stereocenters. The zero-order valence-electron chi connectivity index (χ0n) is 12.6. The third kappa shape index (κ3) is 3.89. The molecule has 1 aliphatic rings. The van der Waals surface area contributed by atoms with Gasteiger partial charge in [0.05, 0.1) is 6.04 Å². The zero-order chi connectivity index (χ0) is 14.1. The van der Waals surface area contributed by atoms with E-state index < -0.39 is 12.5 Å². The van der Waals surface area contributed by atoms with E-state index in [2.05, 4.69) is 51.8 Å². The minimum absolute atomic E-state index is 0.00639. The third-order valence-corrected chi connectivity index (χ3v) is 3.78. The van der Waals surface area contributed by atoms with Gasteiger partial charge in [-0.2, -0.15) is 0 Å². The van der Waals surface area contributed by atoms with Crippen LogP contribution in [0.5, 0.6) is 0 Å². The summed E-state index contributed by atoms with van der Waals surface area (Å²) in [6.45, 7) is 14.4. The summed E-state index contributed by atoms with van der Waals surface area (Å²) in [4.78, 5) is 2.38. The normalized spacial score (nSPS) is 28.5. The van der Waals surface area contributed by atoms with Crippen LogP contribution in [0, 0.1) is 5.41 Å². The first-order valence-electron chi connectivity index (χ1n) is 6.82. The van der Waals surface area contributed by atoms with Crippen LogP contribution < -0.4 is 5.32 Å². The fourth-order valence-electron chi connectivity index (χ4n) is 2.79. The van der Waals surface area contributed by atoms with E-state index in [1.54, 1.807) is 0 Å². The molecule has 0 aromatic carbocycles. The summed E-state index contributed by atoms with van der Waals surface area (Å²) in [5.41, 5.74) is 0.0169. The van der Waals surface area contributed by atoms with Gasteiger partial charge in [-0.05, 0) is 32.6 Å². The first-order valence-corrected chi connectivity index (χ1v) is 6.82. The van der Waals surface area contributed by atoms with Crippen LogP contribution in [-0.4, -0.2) is 42.0 Å². The first-order chi connectivity index (χ1) is 8.03. The second-order valence-corrected chi connectivity index (χ2v) is 7.38. The number of nitrogens with zero attached hydrogens (tertiary/aromatic N) is 1. The second kappa shape index (κ2) is 5.41. The Morgan fingerprint density at radius 1 is 1.11 bits per heavy atom. The predicted molar refractivity (Wildman–Crippen MR) is 72.1 cm³/mol. The first kappa shape index (κ1) is 15.8. The summed E-state index contributed by atoms with van der Waals surface area (Å²) in [7, 11) is 0. The maximum Gasteiger partial charge on any atom is 0.253 e. The van der Waals surface area contributed by atoms with Gasteiger partial charge in [0.15, 0.2) is 0 Å². The van der Waals surface area contributed by atoms with Crippen LogP contribution in [-0.2, 0) is 0 Å². The lowest BCUT2D eigenvalue weighted by Gasteiger charge is -2.46. The van der Waals surface area contributed by atoms with Gasteiger partial charge in [0, 0.05) is 24.7 Å². The maximum absolute atomic E-state index is 13.0. The lowest BCUT2D eigenvalue weighted by Crippen LogP contribution is -2.54. The van der Waals surface area contributed by atoms with Gasteiger partial charge in [-0.1, -0.05) is 20.8 Å². The average Bonchev–Trinajstić information content (AvgIpc) is 2.36. The van der Waals surface area contributed by atoms with E-state index in [1.165, 1.54) is 0 Å². The van der Waals surface area contributed by atoms with Crippen molar-refractivity contribution in [1.82, 2.24) is 10.2 Å². The fourth-order valence-corrected chi connectivity index (χ4v) is 2.79. The van der Waals surface area contributed by atoms with Gasteiger partial charge in [0.25, 0.3) is 6.43 Å². The molecule has 0 saturated carbocycles. The lowest BCUT2D eigenvalue weighted by molar-refractivity contribution is 0.0136. The molecule has 0 aliphatic carbocycles. The van der Waals surface area contributed by atoms with Crippen molar-refractivity contribution in [3.05, 3.63) is 0 Å². The van der Waals surface area contributed by atoms with Crippen LogP contribution in [0.25, 0.3) is 0 Å². The molecule has 1 aliphatic heterocycles. The van der Waals surface area contributed by atoms with Crippen molar-refractivity contribution in [3.63, 3.8) is 0 Å². The number of nitrogens with one attached hydrogen (secondary N) is 1. The van der Waals surface area contributed by atoms with Crippen molar-refractivity contribution in [2.24, 2.45) is 5.41 Å². The minimum Gasteiger partial charge on any atom is -0.308 e. The molecular weight excluding hydrogens is 234 g/mol. The SMILES string of the molecule is CC(C)(C)C1CC(C(F)F)NCCN1C(C)(C)C. The Labute approximate surface area is 110 Å². The zero-order valence-corrected chi connectivity index (χ0v) is 12.6. The molecule has 1 N–H and O–H groups in total. The topological polar surface area (TPSA) is 15.3 Å². The predicted octanol–water partition coefficient (Wildman–Crippen LogP) is 3.13. The van der Waals surface area contributed by atoms with E-state index in [9.17, 15) is 8.78 Å². The van der Waals surface area contributed by atoms with E-state index in [0.717, 1.165) is 6.54 Å². The smallest absolute Gasteiger partial charge is 0.253 e. The molecule has 1 saturated heterocycles. The highest BCUT2D eigenvalue weighted by molar-refractivity contribution is 4.95. The Hall–Kier alpha value is -0.220. The summed E-state index contributed by atoms with van der Waals surface area (Å²) in [5.74, 6) is 0. The molecule has 0 aromatic rings. The molecule has 1 rings (SSSR count). The van der Waals surface area contributed by atoms with Crippen LogP contribution in [0.15, 0.2) is 0 Å². The Morgan fingerprint density at radius 2 is 1.67 bits per heavy atom. The van der Waals surface area contributed by atoms with Gasteiger partial charge in [0.2, 0.25) is 0 Å². The summed E-state index contributed by atoms with van der Waals surface area (Å²) in [6, 6.07) is -0.506. The molecule has 4 heteroatoms. The van der Waals surface area contributed by atoms with E-state index in [4.69, 9.17) is 0 Å². The maximum atomic E-state index is 13.0. The highest BCUT2D eigenvalue weighted by Crippen LogP contribution is 2.34. The Morgan fingerprint density at radius 3 is 2.06 bits per heavy atom. The summed E-state index contributed by atoms with van der Waals surface area (Å²) in [6.07, 6.45) is -1.77. The summed E-state index contributed by atoms with van der Waals surface area (Å²) in [5, 5.41) is 2.99. The van der Waals surface area contributed by atoms with E-state index >= 15 is 0 Å². The quantitative estimate of drug-likeness (QED) is 0.781. The summed E-state index contributed by atoms with van der Waals surface area (Å²) >= 11 is 0. The monoisotopic (exact) mass is 262 g/mol. The van der Waals surface area contributed by atoms with Gasteiger partial charge < -0.3 is 5.32 Å². The number of alkyl halides is 2. The molecule has 108 valence electrons. The molecule has 1 heterocycles. The molecule has 0 bridgehead atoms. The van der Waals surface area contributed by atoms with Crippen LogP contribution in [0.2, 0.25) is 0 Å². The summed E-state index contributed by atoms with van der Waals surface area (Å²) < 4.78 is 26.0. The number of halogens is 2. The molecule has 0 amide bonds. The lowest BCUT2D eigenvalue weighted by atomic mass is 9.80. The van der Waals surface area contributed by atoms with E-state index in [0.29, 0.717) is 13.0 Å². The molecule has 18 heavy (non-hydrogen) atoms. The Balaban J connectivity index is 2.98. The largest absolute Gasteiger partial charge is 0.308 e. The number of hydrogen-bond donors (Lipinski definition) is 1. The minimum atomic E-state index is -2.28. The van der Waals surface area contributed by atoms with Gasteiger partial charge in [-0.15, -0.1) is 0 Å². The molecule has 2 nitrogen and oxygen atoms in total. The Kier molecular flexibility index (Phi) is 4.76. The van der Waals surface area contributed by atoms with Crippen LogP contribution >= 0.6 is 0 Å². The molecule has 2 unspecified atom stereocenters. The van der Waals surface area contributed by atoms with Crippen LogP contribution in [0.1, 0.15) is 48.0 Å². The highest BCUT2D eigenvalue weighted by Gasteiger charge is 2.40. The van der Waals surface area contributed by atoms with Crippen molar-refractivity contribution in [2.45, 2.75) is 72.0 Å². The molecule has 0 aromatic heterocycles. The standard InChI is InChI=1S/C14H28F2N2/c1-13(2,3)11-9-10(12(15)16)17-7-8-18(11)14(4,5)6/h10-12,17H,7-9H2,1-6H3. The van der Waals surface area contributed by atoms with Gasteiger partial charge in [-0.3, -0.25) is 4.90 Å². The van der Waals surface area contributed by atoms with Crippen LogP contribution in [0.3, 0.4) is 0 Å². The van der Waals surface area contributed by atoms with Gasteiger partial charge in [0.1, 0.15) is 0 Å².